The summed E-state index contributed by atoms with van der Waals surface area (Å²) in [7, 11) is 1.51. The Morgan fingerprint density at radius 1 is 1.29 bits per heavy atom. The number of rotatable bonds is 6. The maximum atomic E-state index is 11.8. The van der Waals surface area contributed by atoms with Gasteiger partial charge < -0.3 is 15.3 Å². The molecule has 1 aromatic rings. The van der Waals surface area contributed by atoms with E-state index in [9.17, 15) is 14.4 Å². The monoisotopic (exact) mass is 356 g/mol. The van der Waals surface area contributed by atoms with E-state index < -0.39 is 11.9 Å². The number of carbonyl (C=O) groups is 3. The molecule has 1 atom stereocenters. The summed E-state index contributed by atoms with van der Waals surface area (Å²) in [6.45, 7) is 1.45. The molecule has 114 valence electrons. The zero-order valence-electron chi connectivity index (χ0n) is 11.8. The first kappa shape index (κ1) is 17.2. The topological polar surface area (TPSA) is 86.7 Å². The first-order valence-electron chi connectivity index (χ1n) is 6.31. The van der Waals surface area contributed by atoms with Crippen LogP contribution < -0.4 is 5.32 Å². The Balaban J connectivity index is 2.47. The summed E-state index contributed by atoms with van der Waals surface area (Å²) >= 11 is 3.27. The molecule has 21 heavy (non-hydrogen) atoms. The Labute approximate surface area is 131 Å². The average molecular weight is 357 g/mol. The molecular formula is C14H17BrN2O4. The summed E-state index contributed by atoms with van der Waals surface area (Å²) in [6, 6.07) is 6.75. The molecule has 0 radical (unpaired) electrons. The van der Waals surface area contributed by atoms with Gasteiger partial charge in [-0.25, -0.2) is 0 Å². The van der Waals surface area contributed by atoms with Crippen LogP contribution in [0.25, 0.3) is 0 Å². The molecule has 2 N–H and O–H groups in total. The van der Waals surface area contributed by atoms with Crippen molar-refractivity contribution < 1.29 is 19.5 Å². The Bertz CT molecular complexity index is 530. The Morgan fingerprint density at radius 3 is 2.38 bits per heavy atom. The number of halogens is 1. The van der Waals surface area contributed by atoms with Gasteiger partial charge in [-0.1, -0.05) is 22.9 Å². The first-order chi connectivity index (χ1) is 9.81. The number of carboxylic acids is 1. The highest BCUT2D eigenvalue weighted by molar-refractivity contribution is 9.10. The van der Waals surface area contributed by atoms with E-state index in [0.717, 1.165) is 4.47 Å². The van der Waals surface area contributed by atoms with Crippen LogP contribution in [-0.4, -0.2) is 47.9 Å². The van der Waals surface area contributed by atoms with Gasteiger partial charge in [-0.15, -0.1) is 0 Å². The minimum absolute atomic E-state index is 0.0995. The lowest BCUT2D eigenvalue weighted by atomic mass is 10.2. The SMILES string of the molecule is CC(CN(C)C(=O)CNC(=O)c1ccc(Br)cc1)C(=O)O. The van der Waals surface area contributed by atoms with Crippen molar-refractivity contribution >= 4 is 33.7 Å². The van der Waals surface area contributed by atoms with Crippen LogP contribution in [0.4, 0.5) is 0 Å². The van der Waals surface area contributed by atoms with E-state index in [-0.39, 0.29) is 24.9 Å². The fraction of sp³-hybridized carbons (Fsp3) is 0.357. The molecule has 0 aliphatic carbocycles. The second-order valence-corrected chi connectivity index (χ2v) is 5.62. The fourth-order valence-electron chi connectivity index (χ4n) is 1.58. The third kappa shape index (κ3) is 5.55. The third-order valence-corrected chi connectivity index (χ3v) is 3.43. The van der Waals surface area contributed by atoms with E-state index >= 15 is 0 Å². The van der Waals surface area contributed by atoms with Gasteiger partial charge >= 0.3 is 5.97 Å². The summed E-state index contributed by atoms with van der Waals surface area (Å²) in [4.78, 5) is 35.6. The van der Waals surface area contributed by atoms with Crippen LogP contribution in [0.15, 0.2) is 28.7 Å². The lowest BCUT2D eigenvalue weighted by Crippen LogP contribution is -2.40. The largest absolute Gasteiger partial charge is 0.481 e. The normalized spacial score (nSPS) is 11.6. The van der Waals surface area contributed by atoms with Crippen molar-refractivity contribution in [3.63, 3.8) is 0 Å². The summed E-state index contributed by atoms with van der Waals surface area (Å²) in [6.07, 6.45) is 0. The molecule has 0 saturated heterocycles. The number of hydrogen-bond acceptors (Lipinski definition) is 3. The van der Waals surface area contributed by atoms with Crippen molar-refractivity contribution in [1.82, 2.24) is 10.2 Å². The minimum atomic E-state index is -0.964. The highest BCUT2D eigenvalue weighted by Gasteiger charge is 2.17. The molecule has 0 bridgehead atoms. The molecule has 1 unspecified atom stereocenters. The van der Waals surface area contributed by atoms with Gasteiger partial charge in [0.05, 0.1) is 12.5 Å². The lowest BCUT2D eigenvalue weighted by Gasteiger charge is -2.19. The quantitative estimate of drug-likeness (QED) is 0.805. The van der Waals surface area contributed by atoms with E-state index in [1.165, 1.54) is 18.9 Å². The molecule has 1 aromatic carbocycles. The van der Waals surface area contributed by atoms with E-state index in [1.807, 2.05) is 0 Å². The summed E-state index contributed by atoms with van der Waals surface area (Å²) in [5.74, 6) is -2.31. The zero-order chi connectivity index (χ0) is 16.0. The van der Waals surface area contributed by atoms with Gasteiger partial charge in [-0.2, -0.15) is 0 Å². The number of nitrogens with zero attached hydrogens (tertiary/aromatic N) is 1. The standard InChI is InChI=1S/C14H17BrN2O4/c1-9(14(20)21)8-17(2)12(18)7-16-13(19)10-3-5-11(15)6-4-10/h3-6,9H,7-8H2,1-2H3,(H,16,19)(H,20,21). The Morgan fingerprint density at radius 2 is 1.86 bits per heavy atom. The van der Waals surface area contributed by atoms with Crippen molar-refractivity contribution in [3.8, 4) is 0 Å². The minimum Gasteiger partial charge on any atom is -0.481 e. The van der Waals surface area contributed by atoms with Gasteiger partial charge in [0.2, 0.25) is 5.91 Å². The lowest BCUT2D eigenvalue weighted by molar-refractivity contribution is -0.142. The van der Waals surface area contributed by atoms with Crippen molar-refractivity contribution in [2.24, 2.45) is 5.92 Å². The highest BCUT2D eigenvalue weighted by Crippen LogP contribution is 2.10. The second kappa shape index (κ2) is 7.78. The van der Waals surface area contributed by atoms with E-state index in [4.69, 9.17) is 5.11 Å². The number of hydrogen-bond donors (Lipinski definition) is 2. The number of amides is 2. The van der Waals surface area contributed by atoms with Crippen molar-refractivity contribution in [1.29, 1.82) is 0 Å². The van der Waals surface area contributed by atoms with Crippen LogP contribution >= 0.6 is 15.9 Å². The van der Waals surface area contributed by atoms with E-state index in [2.05, 4.69) is 21.2 Å². The summed E-state index contributed by atoms with van der Waals surface area (Å²) in [5, 5.41) is 11.3. The molecule has 0 aliphatic rings. The number of aliphatic carboxylic acids is 1. The molecule has 6 nitrogen and oxygen atoms in total. The zero-order valence-corrected chi connectivity index (χ0v) is 13.4. The Hall–Kier alpha value is -1.89. The van der Waals surface area contributed by atoms with Crippen LogP contribution in [0.2, 0.25) is 0 Å². The van der Waals surface area contributed by atoms with Crippen LogP contribution in [0.1, 0.15) is 17.3 Å². The fourth-order valence-corrected chi connectivity index (χ4v) is 1.85. The number of nitrogens with one attached hydrogen (secondary N) is 1. The molecule has 1 rings (SSSR count). The molecule has 0 aliphatic heterocycles. The predicted octanol–water partition coefficient (Wildman–Crippen LogP) is 1.36. The molecule has 0 fully saturated rings. The van der Waals surface area contributed by atoms with Crippen molar-refractivity contribution in [2.45, 2.75) is 6.92 Å². The maximum absolute atomic E-state index is 11.8. The van der Waals surface area contributed by atoms with Crippen LogP contribution in [0, 0.1) is 5.92 Å². The molecule has 0 saturated carbocycles. The second-order valence-electron chi connectivity index (χ2n) is 4.70. The third-order valence-electron chi connectivity index (χ3n) is 2.90. The molecule has 0 heterocycles. The van der Waals surface area contributed by atoms with Crippen LogP contribution in [0.5, 0.6) is 0 Å². The van der Waals surface area contributed by atoms with E-state index in [0.29, 0.717) is 5.56 Å². The van der Waals surface area contributed by atoms with Gasteiger partial charge in [-0.3, -0.25) is 14.4 Å². The molecule has 2 amide bonds. The van der Waals surface area contributed by atoms with Gasteiger partial charge in [0.25, 0.3) is 5.91 Å². The van der Waals surface area contributed by atoms with Gasteiger partial charge in [-0.05, 0) is 24.3 Å². The smallest absolute Gasteiger partial charge is 0.308 e. The molecule has 7 heteroatoms. The van der Waals surface area contributed by atoms with Gasteiger partial charge in [0.1, 0.15) is 0 Å². The summed E-state index contributed by atoms with van der Waals surface area (Å²) < 4.78 is 0.859. The van der Waals surface area contributed by atoms with Gasteiger partial charge in [0, 0.05) is 23.6 Å². The Kier molecular flexibility index (Phi) is 6.36. The number of likely N-dealkylation sites (N-methyl/N-ethyl adjacent to an activating group) is 1. The van der Waals surface area contributed by atoms with Crippen molar-refractivity contribution in [3.05, 3.63) is 34.3 Å². The van der Waals surface area contributed by atoms with E-state index in [1.54, 1.807) is 24.3 Å². The first-order valence-corrected chi connectivity index (χ1v) is 7.11. The summed E-state index contributed by atoms with van der Waals surface area (Å²) in [5.41, 5.74) is 0.451. The molecular weight excluding hydrogens is 340 g/mol. The van der Waals surface area contributed by atoms with Crippen LogP contribution in [0.3, 0.4) is 0 Å². The van der Waals surface area contributed by atoms with Crippen molar-refractivity contribution in [2.75, 3.05) is 20.1 Å². The number of carboxylic acid groups (broad SMARTS) is 1. The average Bonchev–Trinajstić information content (AvgIpc) is 2.44. The van der Waals surface area contributed by atoms with Crippen LogP contribution in [-0.2, 0) is 9.59 Å². The molecule has 0 aromatic heterocycles. The maximum Gasteiger partial charge on any atom is 0.308 e. The highest BCUT2D eigenvalue weighted by atomic mass is 79.9. The number of benzene rings is 1. The van der Waals surface area contributed by atoms with Gasteiger partial charge in [0.15, 0.2) is 0 Å². The predicted molar refractivity (Wildman–Crippen MR) is 80.9 cm³/mol. The number of carbonyl (C=O) groups excluding carboxylic acids is 2. The molecule has 0 spiro atoms.